The summed E-state index contributed by atoms with van der Waals surface area (Å²) in [5, 5.41) is 3.03. The van der Waals surface area contributed by atoms with Gasteiger partial charge in [-0.2, -0.15) is 0 Å². The summed E-state index contributed by atoms with van der Waals surface area (Å²) in [5.74, 6) is 1.01. The number of nitrogens with one attached hydrogen (secondary N) is 1. The number of benzene rings is 1. The Hall–Kier alpha value is -2.04. The number of carbonyl (C=O) groups excluding carboxylic acids is 2. The van der Waals surface area contributed by atoms with Crippen LogP contribution in [0.25, 0.3) is 0 Å². The van der Waals surface area contributed by atoms with Crippen molar-refractivity contribution in [2.75, 3.05) is 19.7 Å². The Morgan fingerprint density at radius 3 is 2.38 bits per heavy atom. The van der Waals surface area contributed by atoms with Crippen molar-refractivity contribution in [2.24, 2.45) is 5.92 Å². The van der Waals surface area contributed by atoms with Gasteiger partial charge in [0.05, 0.1) is 0 Å². The first-order valence-electron chi connectivity index (χ1n) is 9.72. The zero-order valence-electron chi connectivity index (χ0n) is 16.5. The van der Waals surface area contributed by atoms with Crippen LogP contribution in [-0.4, -0.2) is 42.5 Å². The minimum absolute atomic E-state index is 0.0232. The quantitative estimate of drug-likeness (QED) is 0.812. The Bertz CT molecular complexity index is 618. The molecule has 0 aliphatic carbocycles. The molecule has 2 amide bonds. The molecule has 0 radical (unpaired) electrons. The first-order valence-corrected chi connectivity index (χ1v) is 9.72. The molecule has 1 aliphatic heterocycles. The van der Waals surface area contributed by atoms with Gasteiger partial charge in [0.2, 0.25) is 5.91 Å². The molecule has 0 aromatic heterocycles. The molecule has 2 rings (SSSR count). The van der Waals surface area contributed by atoms with Crippen molar-refractivity contribution < 1.29 is 14.3 Å². The highest BCUT2D eigenvalue weighted by Crippen LogP contribution is 2.18. The van der Waals surface area contributed by atoms with Gasteiger partial charge in [-0.25, -0.2) is 0 Å². The molecule has 0 saturated carbocycles. The van der Waals surface area contributed by atoms with Crippen LogP contribution in [0.2, 0.25) is 0 Å². The van der Waals surface area contributed by atoms with Crippen molar-refractivity contribution in [1.82, 2.24) is 10.2 Å². The SMILES string of the molecule is CCC(CC)C(=O)N1CCC(NC(=O)COc2ccc(C)c(C)c2)CC1. The maximum atomic E-state index is 12.4. The van der Waals surface area contributed by atoms with Crippen LogP contribution in [0.5, 0.6) is 5.75 Å². The maximum absolute atomic E-state index is 12.4. The Morgan fingerprint density at radius 2 is 1.81 bits per heavy atom. The van der Waals surface area contributed by atoms with E-state index in [-0.39, 0.29) is 30.4 Å². The molecular formula is C21H32N2O3. The highest BCUT2D eigenvalue weighted by Gasteiger charge is 2.27. The highest BCUT2D eigenvalue weighted by atomic mass is 16.5. The summed E-state index contributed by atoms with van der Waals surface area (Å²) in [6.07, 6.45) is 3.40. The molecule has 1 N–H and O–H groups in total. The molecule has 0 atom stereocenters. The fourth-order valence-electron chi connectivity index (χ4n) is 3.36. The monoisotopic (exact) mass is 360 g/mol. The van der Waals surface area contributed by atoms with E-state index in [9.17, 15) is 9.59 Å². The Labute approximate surface area is 157 Å². The van der Waals surface area contributed by atoms with E-state index < -0.39 is 0 Å². The van der Waals surface area contributed by atoms with Crippen molar-refractivity contribution in [2.45, 2.75) is 59.4 Å². The van der Waals surface area contributed by atoms with Gasteiger partial charge in [-0.15, -0.1) is 0 Å². The lowest BCUT2D eigenvalue weighted by atomic mass is 9.98. The molecule has 1 aromatic carbocycles. The van der Waals surface area contributed by atoms with E-state index in [0.717, 1.165) is 44.3 Å². The summed E-state index contributed by atoms with van der Waals surface area (Å²) in [7, 11) is 0. The van der Waals surface area contributed by atoms with E-state index in [2.05, 4.69) is 19.2 Å². The van der Waals surface area contributed by atoms with Gasteiger partial charge in [-0.1, -0.05) is 19.9 Å². The van der Waals surface area contributed by atoms with E-state index in [1.807, 2.05) is 36.9 Å². The van der Waals surface area contributed by atoms with Crippen LogP contribution < -0.4 is 10.1 Å². The van der Waals surface area contributed by atoms with E-state index >= 15 is 0 Å². The van der Waals surface area contributed by atoms with Gasteiger partial charge in [0.15, 0.2) is 6.61 Å². The zero-order chi connectivity index (χ0) is 19.1. The number of aryl methyl sites for hydroxylation is 2. The molecule has 5 heteroatoms. The number of rotatable bonds is 7. The molecule has 0 spiro atoms. The molecule has 1 aliphatic rings. The third-order valence-electron chi connectivity index (χ3n) is 5.35. The Balaban J connectivity index is 1.74. The van der Waals surface area contributed by atoms with Gasteiger partial charge in [-0.05, 0) is 62.8 Å². The number of nitrogens with zero attached hydrogens (tertiary/aromatic N) is 1. The number of hydrogen-bond acceptors (Lipinski definition) is 3. The smallest absolute Gasteiger partial charge is 0.258 e. The van der Waals surface area contributed by atoms with Crippen LogP contribution in [0.3, 0.4) is 0 Å². The average molecular weight is 360 g/mol. The Kier molecular flexibility index (Phi) is 7.49. The van der Waals surface area contributed by atoms with Crippen LogP contribution in [0.15, 0.2) is 18.2 Å². The van der Waals surface area contributed by atoms with Gasteiger partial charge in [0.25, 0.3) is 5.91 Å². The molecule has 1 saturated heterocycles. The average Bonchev–Trinajstić information content (AvgIpc) is 2.64. The summed E-state index contributed by atoms with van der Waals surface area (Å²) in [6.45, 7) is 9.67. The van der Waals surface area contributed by atoms with Gasteiger partial charge in [0, 0.05) is 25.0 Å². The van der Waals surface area contributed by atoms with Crippen molar-refractivity contribution in [3.8, 4) is 5.75 Å². The maximum Gasteiger partial charge on any atom is 0.258 e. The lowest BCUT2D eigenvalue weighted by molar-refractivity contribution is -0.137. The fraction of sp³-hybridized carbons (Fsp3) is 0.619. The number of piperidine rings is 1. The Morgan fingerprint density at radius 1 is 1.15 bits per heavy atom. The minimum Gasteiger partial charge on any atom is -0.484 e. The van der Waals surface area contributed by atoms with Crippen molar-refractivity contribution in [3.05, 3.63) is 29.3 Å². The van der Waals surface area contributed by atoms with Gasteiger partial charge in [0.1, 0.15) is 5.75 Å². The minimum atomic E-state index is -0.104. The second-order valence-electron chi connectivity index (χ2n) is 7.22. The highest BCUT2D eigenvalue weighted by molar-refractivity contribution is 5.79. The number of hydrogen-bond donors (Lipinski definition) is 1. The van der Waals surface area contributed by atoms with Gasteiger partial charge >= 0.3 is 0 Å². The number of likely N-dealkylation sites (tertiary alicyclic amines) is 1. The summed E-state index contributed by atoms with van der Waals surface area (Å²) in [5.41, 5.74) is 2.36. The third kappa shape index (κ3) is 5.48. The first-order chi connectivity index (χ1) is 12.4. The van der Waals surface area contributed by atoms with Crippen LogP contribution in [0.1, 0.15) is 50.7 Å². The van der Waals surface area contributed by atoms with Crippen LogP contribution in [0.4, 0.5) is 0 Å². The van der Waals surface area contributed by atoms with Crippen molar-refractivity contribution >= 4 is 11.8 Å². The van der Waals surface area contributed by atoms with Gasteiger partial charge in [-0.3, -0.25) is 9.59 Å². The molecule has 0 unspecified atom stereocenters. The van der Waals surface area contributed by atoms with Crippen LogP contribution in [0, 0.1) is 19.8 Å². The topological polar surface area (TPSA) is 58.6 Å². The van der Waals surface area contributed by atoms with Crippen molar-refractivity contribution in [3.63, 3.8) is 0 Å². The molecule has 1 heterocycles. The van der Waals surface area contributed by atoms with E-state index in [4.69, 9.17) is 4.74 Å². The predicted octanol–water partition coefficient (Wildman–Crippen LogP) is 3.23. The van der Waals surface area contributed by atoms with Crippen LogP contribution in [-0.2, 0) is 9.59 Å². The third-order valence-corrected chi connectivity index (χ3v) is 5.35. The first kappa shape index (κ1) is 20.3. The normalized spacial score (nSPS) is 15.2. The summed E-state index contributed by atoms with van der Waals surface area (Å²) in [6, 6.07) is 5.95. The molecule has 26 heavy (non-hydrogen) atoms. The van der Waals surface area contributed by atoms with E-state index in [1.54, 1.807) is 0 Å². The number of ether oxygens (including phenoxy) is 1. The van der Waals surface area contributed by atoms with E-state index in [1.165, 1.54) is 5.56 Å². The molecule has 0 bridgehead atoms. The molecule has 5 nitrogen and oxygen atoms in total. The van der Waals surface area contributed by atoms with E-state index in [0.29, 0.717) is 5.75 Å². The second kappa shape index (κ2) is 9.60. The summed E-state index contributed by atoms with van der Waals surface area (Å²) < 4.78 is 5.59. The molecule has 144 valence electrons. The molecule has 1 aromatic rings. The summed E-state index contributed by atoms with van der Waals surface area (Å²) >= 11 is 0. The second-order valence-corrected chi connectivity index (χ2v) is 7.22. The van der Waals surface area contributed by atoms with Gasteiger partial charge < -0.3 is 15.0 Å². The number of carbonyl (C=O) groups is 2. The molecule has 1 fully saturated rings. The van der Waals surface area contributed by atoms with Crippen molar-refractivity contribution in [1.29, 1.82) is 0 Å². The van der Waals surface area contributed by atoms with Crippen LogP contribution >= 0.6 is 0 Å². The summed E-state index contributed by atoms with van der Waals surface area (Å²) in [4.78, 5) is 26.5. The largest absolute Gasteiger partial charge is 0.484 e. The standard InChI is InChI=1S/C21H32N2O3/c1-5-17(6-2)21(25)23-11-9-18(10-12-23)22-20(24)14-26-19-8-7-15(3)16(4)13-19/h7-8,13,17-18H,5-6,9-12,14H2,1-4H3,(H,22,24). The molecular weight excluding hydrogens is 328 g/mol. The number of amides is 2. The lowest BCUT2D eigenvalue weighted by Crippen LogP contribution is -2.48. The lowest BCUT2D eigenvalue weighted by Gasteiger charge is -2.34. The fourth-order valence-corrected chi connectivity index (χ4v) is 3.36. The zero-order valence-corrected chi connectivity index (χ0v) is 16.5. The predicted molar refractivity (Wildman–Crippen MR) is 103 cm³/mol.